The first-order chi connectivity index (χ1) is 35.0. The maximum Gasteiger partial charge on any atom is 0.187 e. The predicted octanol–water partition coefficient (Wildman–Crippen LogP) is -2.94. The van der Waals surface area contributed by atoms with Crippen molar-refractivity contribution in [3.63, 3.8) is 0 Å². The zero-order chi connectivity index (χ0) is 53.5. The number of fused-ring (bicyclic) bond motifs is 7. The van der Waals surface area contributed by atoms with Gasteiger partial charge in [-0.05, 0) is 87.5 Å². The Morgan fingerprint density at radius 3 is 1.93 bits per heavy atom. The second-order valence-electron chi connectivity index (χ2n) is 23.4. The Bertz CT molecular complexity index is 2000. The maximum absolute atomic E-state index is 13.1. The van der Waals surface area contributed by atoms with Gasteiger partial charge in [-0.2, -0.15) is 0 Å². The van der Waals surface area contributed by atoms with Crippen LogP contribution in [0.25, 0.3) is 0 Å². The molecule has 5 aliphatic heterocycles. The zero-order valence-electron chi connectivity index (χ0n) is 42.7. The Kier molecular flexibility index (Phi) is 17.1. The van der Waals surface area contributed by atoms with Gasteiger partial charge in [0.25, 0.3) is 0 Å². The van der Waals surface area contributed by atoms with E-state index in [0.29, 0.717) is 38.5 Å². The van der Waals surface area contributed by atoms with Crippen LogP contribution in [0.5, 0.6) is 0 Å². The topological polar surface area (TPSA) is 366 Å². The Morgan fingerprint density at radius 2 is 1.26 bits per heavy atom. The minimum atomic E-state index is -1.69. The number of hydrogen-bond acceptors (Lipinski definition) is 23. The number of aliphatic hydroxyl groups is 14. The van der Waals surface area contributed by atoms with E-state index >= 15 is 0 Å². The molecule has 23 heteroatoms. The summed E-state index contributed by atoms with van der Waals surface area (Å²) in [5.41, 5.74) is 0.636. The molecule has 0 spiro atoms. The molecule has 0 aromatic carbocycles. The summed E-state index contributed by atoms with van der Waals surface area (Å²) in [5.74, 6) is 0.985. The van der Waals surface area contributed by atoms with E-state index < -0.39 is 160 Å². The van der Waals surface area contributed by atoms with Crippen LogP contribution in [0.15, 0.2) is 23.0 Å². The van der Waals surface area contributed by atoms with E-state index in [1.807, 2.05) is 6.92 Å². The summed E-state index contributed by atoms with van der Waals surface area (Å²) in [6, 6.07) is 0. The Morgan fingerprint density at radius 1 is 0.662 bits per heavy atom. The van der Waals surface area contributed by atoms with Gasteiger partial charge in [-0.1, -0.05) is 32.4 Å². The first-order valence-corrected chi connectivity index (χ1v) is 26.6. The molecular formula is C51H82O23. The van der Waals surface area contributed by atoms with Gasteiger partial charge >= 0.3 is 0 Å². The summed E-state index contributed by atoms with van der Waals surface area (Å²) < 4.78 is 53.5. The van der Waals surface area contributed by atoms with E-state index in [9.17, 15) is 71.5 Å². The van der Waals surface area contributed by atoms with Crippen LogP contribution in [0.1, 0.15) is 92.4 Å². The normalized spacial score (nSPS) is 52.9. The van der Waals surface area contributed by atoms with Crippen molar-refractivity contribution in [2.75, 3.05) is 26.4 Å². The zero-order valence-corrected chi connectivity index (χ0v) is 42.7. The first kappa shape index (κ1) is 57.1. The van der Waals surface area contributed by atoms with Crippen LogP contribution >= 0.6 is 0 Å². The molecular weight excluding hydrogens is 981 g/mol. The highest BCUT2D eigenvalue weighted by Gasteiger charge is 2.71. The van der Waals surface area contributed by atoms with Crippen molar-refractivity contribution < 1.29 is 114 Å². The van der Waals surface area contributed by atoms with Crippen molar-refractivity contribution in [1.29, 1.82) is 0 Å². The van der Waals surface area contributed by atoms with Crippen LogP contribution < -0.4 is 0 Å². The Balaban J connectivity index is 0.795. The molecule has 9 aliphatic rings. The highest BCUT2D eigenvalue weighted by molar-refractivity contribution is 5.34. The molecule has 14 N–H and O–H groups in total. The monoisotopic (exact) mass is 1060 g/mol. The maximum atomic E-state index is 13.1. The largest absolute Gasteiger partial charge is 0.494 e. The number of hydrogen-bond donors (Lipinski definition) is 14. The molecule has 5 heterocycles. The van der Waals surface area contributed by atoms with E-state index in [1.54, 1.807) is 0 Å². The van der Waals surface area contributed by atoms with Crippen LogP contribution in [0.2, 0.25) is 0 Å². The molecule has 3 saturated carbocycles. The van der Waals surface area contributed by atoms with Gasteiger partial charge in [-0.25, -0.2) is 0 Å². The Labute approximate surface area is 430 Å². The van der Waals surface area contributed by atoms with Gasteiger partial charge in [0.15, 0.2) is 25.2 Å². The molecule has 424 valence electrons. The quantitative estimate of drug-likeness (QED) is 0.0730. The fraction of sp³-hybridized carbons (Fsp3) is 0.922. The minimum Gasteiger partial charge on any atom is -0.494 e. The second-order valence-corrected chi connectivity index (χ2v) is 23.4. The molecule has 74 heavy (non-hydrogen) atoms. The molecule has 29 atom stereocenters. The standard InChI is InChI=1S/C51H82O23/c1-20(18-66-45-42(63)39(60)36(57)31(73-45)19-67-46-41(62)38(59)34(55)29(16-52)71-46)6-9-27-21(2)32-28(70-27)15-51(65)26-8-7-23-14-24(10-12-49(23,4)25(26)11-13-50(32,51)5)69-48-44(40(61)35(56)30(17-53)72-48)74-47-43(64)37(58)33(54)22(3)68-47/h7,20,22,24-26,28-48,52-65H,6,8-19H2,1-5H3/t20-,22+,24+,25+,26-,28+,29-,30-,31-,32+,33+,34-,35-,36-,37-,38+,39+,40+,41-,42-,43-,44-,45-,46-,47+,48-,49+,50-,51-/m1/s1. The summed E-state index contributed by atoms with van der Waals surface area (Å²) in [5, 5.41) is 149. The van der Waals surface area contributed by atoms with E-state index in [2.05, 4.69) is 26.8 Å². The summed E-state index contributed by atoms with van der Waals surface area (Å²) in [6.45, 7) is 8.43. The third kappa shape index (κ3) is 9.97. The molecule has 0 amide bonds. The molecule has 0 aromatic rings. The van der Waals surface area contributed by atoms with Gasteiger partial charge in [-0.3, -0.25) is 0 Å². The van der Waals surface area contributed by atoms with E-state index in [4.69, 9.17) is 42.6 Å². The lowest BCUT2D eigenvalue weighted by molar-refractivity contribution is -0.369. The highest BCUT2D eigenvalue weighted by atomic mass is 16.8. The molecule has 23 nitrogen and oxygen atoms in total. The number of rotatable bonds is 15. The number of aliphatic hydroxyl groups excluding tert-OH is 13. The van der Waals surface area contributed by atoms with E-state index in [1.165, 1.54) is 12.5 Å². The average Bonchev–Trinajstić information content (AvgIpc) is 3.82. The van der Waals surface area contributed by atoms with Crippen molar-refractivity contribution in [2.45, 2.75) is 233 Å². The van der Waals surface area contributed by atoms with Crippen LogP contribution in [-0.2, 0) is 42.6 Å². The summed E-state index contributed by atoms with van der Waals surface area (Å²) >= 11 is 0. The summed E-state index contributed by atoms with van der Waals surface area (Å²) in [4.78, 5) is 0. The lowest BCUT2D eigenvalue weighted by Crippen LogP contribution is -2.64. The van der Waals surface area contributed by atoms with Gasteiger partial charge in [0, 0.05) is 24.2 Å². The van der Waals surface area contributed by atoms with Crippen molar-refractivity contribution in [3.8, 4) is 0 Å². The third-order valence-electron chi connectivity index (χ3n) is 19.0. The fourth-order valence-electron chi connectivity index (χ4n) is 14.4. The number of ether oxygens (including phenoxy) is 9. The van der Waals surface area contributed by atoms with Gasteiger partial charge in [-0.15, -0.1) is 0 Å². The predicted molar refractivity (Wildman–Crippen MR) is 250 cm³/mol. The first-order valence-electron chi connectivity index (χ1n) is 26.6. The van der Waals surface area contributed by atoms with Crippen molar-refractivity contribution in [1.82, 2.24) is 0 Å². The van der Waals surface area contributed by atoms with E-state index in [0.717, 1.165) is 30.6 Å². The number of allylic oxidation sites excluding steroid dienone is 2. The van der Waals surface area contributed by atoms with Crippen molar-refractivity contribution in [2.24, 2.45) is 34.5 Å². The Hall–Kier alpha value is -1.60. The lowest BCUT2D eigenvalue weighted by atomic mass is 9.45. The fourth-order valence-corrected chi connectivity index (χ4v) is 14.4. The van der Waals surface area contributed by atoms with E-state index in [-0.39, 0.29) is 41.8 Å². The highest BCUT2D eigenvalue weighted by Crippen LogP contribution is 2.70. The molecule has 4 saturated heterocycles. The SMILES string of the molecule is CC1=C(CC[C@@H](C)CO[C@@H]2O[C@H](CO[C@@H]3O[C@H](CO)[C@@H](O)[C@H](O)[C@H]3O)[C@@H](O)[C@H](O)[C@H]2O)O[C@H]2C[C@@]3(O)[C@@H]4CC=C5C[C@@H](O[C@@H]6O[C@H](CO)[C@@H](O)[C@H](O)[C@H]6O[C@@H]6O[C@@H](C)[C@H](O)[C@@H](O)[C@H]6O)CC[C@]5(C)[C@H]4CC[C@]3(C)[C@@H]12. The van der Waals surface area contributed by atoms with Gasteiger partial charge in [0.2, 0.25) is 0 Å². The van der Waals surface area contributed by atoms with Crippen LogP contribution in [0, 0.1) is 34.5 Å². The molecule has 9 rings (SSSR count). The molecule has 0 bridgehead atoms. The van der Waals surface area contributed by atoms with Gasteiger partial charge < -0.3 is 114 Å². The van der Waals surface area contributed by atoms with Crippen LogP contribution in [0.4, 0.5) is 0 Å². The smallest absolute Gasteiger partial charge is 0.187 e. The average molecular weight is 1060 g/mol. The van der Waals surface area contributed by atoms with Gasteiger partial charge in [0.05, 0.1) is 50.0 Å². The molecule has 0 unspecified atom stereocenters. The van der Waals surface area contributed by atoms with Gasteiger partial charge in [0.1, 0.15) is 97.7 Å². The van der Waals surface area contributed by atoms with Crippen molar-refractivity contribution in [3.05, 3.63) is 23.0 Å². The molecule has 7 fully saturated rings. The molecule has 0 radical (unpaired) electrons. The van der Waals surface area contributed by atoms with Crippen molar-refractivity contribution >= 4 is 0 Å². The minimum absolute atomic E-state index is 0.0112. The van der Waals surface area contributed by atoms with Crippen LogP contribution in [-0.4, -0.2) is 239 Å². The summed E-state index contributed by atoms with van der Waals surface area (Å²) in [7, 11) is 0. The molecule has 4 aliphatic carbocycles. The second kappa shape index (κ2) is 22.1. The third-order valence-corrected chi connectivity index (χ3v) is 19.0. The molecule has 0 aromatic heterocycles. The summed E-state index contributed by atoms with van der Waals surface area (Å²) in [6.07, 6.45) is -21.7. The lowest BCUT2D eigenvalue weighted by Gasteiger charge is -2.61. The van der Waals surface area contributed by atoms with Crippen LogP contribution in [0.3, 0.4) is 0 Å².